The second-order valence-electron chi connectivity index (χ2n) is 4.77. The van der Waals surface area contributed by atoms with Crippen LogP contribution in [0.1, 0.15) is 31.2 Å². The quantitative estimate of drug-likeness (QED) is 0.930. The number of aromatic nitrogens is 2. The van der Waals surface area contributed by atoms with Crippen molar-refractivity contribution in [1.82, 2.24) is 10.2 Å². The molecule has 0 radical (unpaired) electrons. The molecule has 1 aliphatic heterocycles. The summed E-state index contributed by atoms with van der Waals surface area (Å²) in [6.07, 6.45) is -1.47. The highest BCUT2D eigenvalue weighted by molar-refractivity contribution is 7.15. The van der Waals surface area contributed by atoms with Crippen molar-refractivity contribution in [3.05, 3.63) is 5.01 Å². The van der Waals surface area contributed by atoms with Crippen LogP contribution in [0.3, 0.4) is 0 Å². The maximum Gasteiger partial charge on any atom is 0.445 e. The summed E-state index contributed by atoms with van der Waals surface area (Å²) in [5.41, 5.74) is 5.73. The summed E-state index contributed by atoms with van der Waals surface area (Å²) in [4.78, 5) is 1.87. The third kappa shape index (κ3) is 3.17. The van der Waals surface area contributed by atoms with E-state index >= 15 is 0 Å². The molecule has 1 aromatic rings. The molecule has 2 atom stereocenters. The third-order valence-corrected chi connectivity index (χ3v) is 4.58. The number of nitrogens with zero attached hydrogens (tertiary/aromatic N) is 3. The smallest absolute Gasteiger partial charge is 0.342 e. The van der Waals surface area contributed by atoms with Crippen LogP contribution >= 0.6 is 11.3 Å². The average Bonchev–Trinajstić information content (AvgIpc) is 2.87. The van der Waals surface area contributed by atoms with Crippen molar-refractivity contribution in [2.45, 2.75) is 38.4 Å². The van der Waals surface area contributed by atoms with E-state index in [2.05, 4.69) is 17.1 Å². The van der Waals surface area contributed by atoms with Gasteiger partial charge in [-0.15, -0.1) is 10.2 Å². The van der Waals surface area contributed by atoms with Crippen molar-refractivity contribution in [1.29, 1.82) is 0 Å². The minimum atomic E-state index is -4.42. The Balaban J connectivity index is 2.14. The van der Waals surface area contributed by atoms with Gasteiger partial charge in [0, 0.05) is 19.1 Å². The Morgan fingerprint density at radius 1 is 1.42 bits per heavy atom. The summed E-state index contributed by atoms with van der Waals surface area (Å²) in [5.74, 6) is 0.597. The van der Waals surface area contributed by atoms with Crippen molar-refractivity contribution < 1.29 is 13.2 Å². The van der Waals surface area contributed by atoms with Crippen LogP contribution in [-0.2, 0) is 6.18 Å². The molecule has 2 N–H and O–H groups in total. The minimum Gasteiger partial charge on any atom is -0.342 e. The molecule has 19 heavy (non-hydrogen) atoms. The van der Waals surface area contributed by atoms with E-state index in [1.54, 1.807) is 0 Å². The molecule has 1 fully saturated rings. The first kappa shape index (κ1) is 14.5. The number of rotatable bonds is 3. The number of hydrogen-bond donors (Lipinski definition) is 1. The van der Waals surface area contributed by atoms with Crippen LogP contribution in [-0.4, -0.2) is 29.3 Å². The van der Waals surface area contributed by atoms with Gasteiger partial charge >= 0.3 is 6.18 Å². The first-order valence-electron chi connectivity index (χ1n) is 6.33. The largest absolute Gasteiger partial charge is 0.445 e. The average molecular weight is 294 g/mol. The van der Waals surface area contributed by atoms with E-state index in [1.807, 2.05) is 4.90 Å². The summed E-state index contributed by atoms with van der Waals surface area (Å²) in [5, 5.41) is 6.34. The van der Waals surface area contributed by atoms with Crippen LogP contribution in [0.5, 0.6) is 0 Å². The zero-order chi connectivity index (χ0) is 14.0. The van der Waals surface area contributed by atoms with E-state index in [-0.39, 0.29) is 6.04 Å². The highest BCUT2D eigenvalue weighted by Gasteiger charge is 2.37. The fourth-order valence-corrected chi connectivity index (χ4v) is 3.24. The lowest BCUT2D eigenvalue weighted by atomic mass is 9.89. The Hall–Kier alpha value is -0.890. The van der Waals surface area contributed by atoms with Gasteiger partial charge in [0.05, 0.1) is 0 Å². The summed E-state index contributed by atoms with van der Waals surface area (Å²) in [6.45, 7) is 3.25. The summed E-state index contributed by atoms with van der Waals surface area (Å²) >= 11 is 0.597. The summed E-state index contributed by atoms with van der Waals surface area (Å²) < 4.78 is 37.6. The van der Waals surface area contributed by atoms with Crippen molar-refractivity contribution in [2.24, 2.45) is 11.7 Å². The molecule has 108 valence electrons. The molecule has 1 aliphatic rings. The van der Waals surface area contributed by atoms with Gasteiger partial charge in [0.25, 0.3) is 0 Å². The number of hydrogen-bond acceptors (Lipinski definition) is 5. The molecular formula is C11H17F3N4S. The fourth-order valence-electron chi connectivity index (χ4n) is 2.43. The van der Waals surface area contributed by atoms with Crippen LogP contribution in [0, 0.1) is 5.92 Å². The SMILES string of the molecule is CCC1CCN(c2nnc(C(F)(F)F)s2)C(CN)C1. The van der Waals surface area contributed by atoms with Gasteiger partial charge in [0.1, 0.15) is 0 Å². The lowest BCUT2D eigenvalue weighted by molar-refractivity contribution is -0.138. The molecule has 0 saturated carbocycles. The molecule has 1 aromatic heterocycles. The molecular weight excluding hydrogens is 277 g/mol. The Morgan fingerprint density at radius 2 is 2.16 bits per heavy atom. The second-order valence-corrected chi connectivity index (χ2v) is 5.73. The number of nitrogens with two attached hydrogens (primary N) is 1. The molecule has 0 aromatic carbocycles. The molecule has 8 heteroatoms. The second kappa shape index (κ2) is 5.62. The van der Waals surface area contributed by atoms with Gasteiger partial charge in [0.15, 0.2) is 0 Å². The van der Waals surface area contributed by atoms with E-state index in [0.29, 0.717) is 35.5 Å². The number of alkyl halides is 3. The number of halogens is 3. The van der Waals surface area contributed by atoms with Gasteiger partial charge in [-0.1, -0.05) is 24.7 Å². The predicted molar refractivity (Wildman–Crippen MR) is 68.1 cm³/mol. The van der Waals surface area contributed by atoms with E-state index in [9.17, 15) is 13.2 Å². The Morgan fingerprint density at radius 3 is 2.68 bits per heavy atom. The molecule has 0 aliphatic carbocycles. The third-order valence-electron chi connectivity index (χ3n) is 3.58. The van der Waals surface area contributed by atoms with Crippen LogP contribution in [0.15, 0.2) is 0 Å². The van der Waals surface area contributed by atoms with Gasteiger partial charge in [-0.2, -0.15) is 13.2 Å². The van der Waals surface area contributed by atoms with E-state index in [4.69, 9.17) is 5.73 Å². The molecule has 2 unspecified atom stereocenters. The Bertz CT molecular complexity index is 420. The first-order chi connectivity index (χ1) is 8.95. The number of piperidine rings is 1. The van der Waals surface area contributed by atoms with Gasteiger partial charge in [-0.05, 0) is 18.8 Å². The monoisotopic (exact) mass is 294 g/mol. The lowest BCUT2D eigenvalue weighted by Gasteiger charge is -2.38. The first-order valence-corrected chi connectivity index (χ1v) is 7.14. The van der Waals surface area contributed by atoms with Crippen LogP contribution in [0.4, 0.5) is 18.3 Å². The minimum absolute atomic E-state index is 0.0627. The van der Waals surface area contributed by atoms with Crippen molar-refractivity contribution in [3.8, 4) is 0 Å². The summed E-state index contributed by atoms with van der Waals surface area (Å²) in [7, 11) is 0. The molecule has 0 spiro atoms. The topological polar surface area (TPSA) is 55.0 Å². The fraction of sp³-hybridized carbons (Fsp3) is 0.818. The molecule has 2 heterocycles. The zero-order valence-corrected chi connectivity index (χ0v) is 11.5. The Labute approximate surface area is 113 Å². The zero-order valence-electron chi connectivity index (χ0n) is 10.7. The highest BCUT2D eigenvalue weighted by Crippen LogP contribution is 2.37. The van der Waals surface area contributed by atoms with Crippen LogP contribution < -0.4 is 10.6 Å². The highest BCUT2D eigenvalue weighted by atomic mass is 32.1. The molecule has 1 saturated heterocycles. The lowest BCUT2D eigenvalue weighted by Crippen LogP contribution is -2.46. The molecule has 0 amide bonds. The van der Waals surface area contributed by atoms with E-state index < -0.39 is 11.2 Å². The van der Waals surface area contributed by atoms with Crippen LogP contribution in [0.2, 0.25) is 0 Å². The van der Waals surface area contributed by atoms with Crippen LogP contribution in [0.25, 0.3) is 0 Å². The maximum absolute atomic E-state index is 12.5. The van der Waals surface area contributed by atoms with Crippen molar-refractivity contribution in [2.75, 3.05) is 18.0 Å². The predicted octanol–water partition coefficient (Wildman–Crippen LogP) is 2.51. The van der Waals surface area contributed by atoms with Gasteiger partial charge in [-0.3, -0.25) is 0 Å². The summed E-state index contributed by atoms with van der Waals surface area (Å²) in [6, 6.07) is 0.0627. The van der Waals surface area contributed by atoms with E-state index in [1.165, 1.54) is 0 Å². The van der Waals surface area contributed by atoms with Gasteiger partial charge in [-0.25, -0.2) is 0 Å². The van der Waals surface area contributed by atoms with E-state index in [0.717, 1.165) is 19.3 Å². The molecule has 2 rings (SSSR count). The van der Waals surface area contributed by atoms with Gasteiger partial charge in [0.2, 0.25) is 10.1 Å². The van der Waals surface area contributed by atoms with Crippen molar-refractivity contribution in [3.63, 3.8) is 0 Å². The molecule has 4 nitrogen and oxygen atoms in total. The molecule has 0 bridgehead atoms. The van der Waals surface area contributed by atoms with Crippen molar-refractivity contribution >= 4 is 16.5 Å². The van der Waals surface area contributed by atoms with Gasteiger partial charge < -0.3 is 10.6 Å². The number of anilines is 1. The normalized spacial score (nSPS) is 24.8. The Kier molecular flexibility index (Phi) is 4.29. The standard InChI is InChI=1S/C11H17F3N4S/c1-2-7-3-4-18(8(5-7)6-15)10-17-16-9(19-10)11(12,13)14/h7-8H,2-6,15H2,1H3. The maximum atomic E-state index is 12.5.